The van der Waals surface area contributed by atoms with Gasteiger partial charge in [0.1, 0.15) is 0 Å². The van der Waals surface area contributed by atoms with E-state index in [2.05, 4.69) is 5.48 Å². The zero-order chi connectivity index (χ0) is 18.9. The second-order valence-electron chi connectivity index (χ2n) is 5.91. The molecule has 0 saturated carbocycles. The van der Waals surface area contributed by atoms with Crippen LogP contribution >= 0.6 is 23.2 Å². The largest absolute Gasteiger partial charge is 0.416 e. The second-order valence-corrected chi connectivity index (χ2v) is 6.72. The van der Waals surface area contributed by atoms with Crippen LogP contribution in [0.1, 0.15) is 33.8 Å². The van der Waals surface area contributed by atoms with Crippen LogP contribution < -0.4 is 10.3 Å². The number of hydrogen-bond donors (Lipinski definition) is 1. The lowest BCUT2D eigenvalue weighted by molar-refractivity contribution is -0.137. The predicted molar refractivity (Wildman–Crippen MR) is 92.9 cm³/mol. The van der Waals surface area contributed by atoms with Crippen molar-refractivity contribution < 1.29 is 22.8 Å². The fourth-order valence-electron chi connectivity index (χ4n) is 2.97. The Hall–Kier alpha value is -1.76. The molecule has 0 saturated heterocycles. The first-order chi connectivity index (χ1) is 12.3. The van der Waals surface area contributed by atoms with E-state index < -0.39 is 29.5 Å². The van der Waals surface area contributed by atoms with Gasteiger partial charge in [-0.15, -0.1) is 11.6 Å². The lowest BCUT2D eigenvalue weighted by atomic mass is 9.82. The van der Waals surface area contributed by atoms with Gasteiger partial charge in [0.15, 0.2) is 11.5 Å². The summed E-state index contributed by atoms with van der Waals surface area (Å²) >= 11 is 11.9. The third-order valence-corrected chi connectivity index (χ3v) is 4.66. The Morgan fingerprint density at radius 2 is 1.96 bits per heavy atom. The molecule has 8 heteroatoms. The topological polar surface area (TPSA) is 38.3 Å². The maximum Gasteiger partial charge on any atom is 0.416 e. The van der Waals surface area contributed by atoms with Gasteiger partial charge in [-0.05, 0) is 36.8 Å². The highest BCUT2D eigenvalue weighted by Gasteiger charge is 2.38. The van der Waals surface area contributed by atoms with Crippen molar-refractivity contribution in [3.05, 3.63) is 64.2 Å². The van der Waals surface area contributed by atoms with E-state index in [4.69, 9.17) is 28.0 Å². The van der Waals surface area contributed by atoms with Crippen molar-refractivity contribution in [2.75, 3.05) is 5.88 Å². The number of rotatable bonds is 4. The molecule has 0 fully saturated rings. The van der Waals surface area contributed by atoms with Crippen LogP contribution in [0.5, 0.6) is 5.75 Å². The molecular weight excluding hydrogens is 390 g/mol. The molecule has 2 aromatic carbocycles. The van der Waals surface area contributed by atoms with E-state index in [1.807, 2.05) is 0 Å². The Morgan fingerprint density at radius 3 is 2.65 bits per heavy atom. The van der Waals surface area contributed by atoms with Crippen molar-refractivity contribution in [2.45, 2.75) is 24.6 Å². The van der Waals surface area contributed by atoms with Crippen molar-refractivity contribution in [1.82, 2.24) is 5.48 Å². The van der Waals surface area contributed by atoms with E-state index in [0.717, 1.165) is 12.1 Å². The highest BCUT2D eigenvalue weighted by Crippen LogP contribution is 2.38. The summed E-state index contributed by atoms with van der Waals surface area (Å²) in [6.07, 6.45) is -4.14. The zero-order valence-electron chi connectivity index (χ0n) is 13.3. The number of nitrogens with one attached hydrogen (secondary N) is 1. The van der Waals surface area contributed by atoms with Crippen LogP contribution in [0, 0.1) is 0 Å². The summed E-state index contributed by atoms with van der Waals surface area (Å²) in [5.74, 6) is -0.556. The van der Waals surface area contributed by atoms with Gasteiger partial charge in [-0.25, -0.2) is 0 Å². The second kappa shape index (κ2) is 7.47. The van der Waals surface area contributed by atoms with Crippen molar-refractivity contribution in [1.29, 1.82) is 0 Å². The van der Waals surface area contributed by atoms with Crippen LogP contribution in [0.2, 0.25) is 5.02 Å². The third-order valence-electron chi connectivity index (χ3n) is 4.21. The first-order valence-corrected chi connectivity index (χ1v) is 8.72. The molecule has 1 N–H and O–H groups in total. The predicted octanol–water partition coefficient (Wildman–Crippen LogP) is 5.22. The molecule has 1 aliphatic heterocycles. The number of carbonyl (C=O) groups is 1. The van der Waals surface area contributed by atoms with E-state index in [1.54, 1.807) is 18.2 Å². The molecule has 2 aromatic rings. The van der Waals surface area contributed by atoms with Gasteiger partial charge in [0.25, 0.3) is 0 Å². The van der Waals surface area contributed by atoms with Gasteiger partial charge >= 0.3 is 6.18 Å². The number of Topliss-reactive ketones (excluding diaryl/α,β-unsaturated/α-hetero) is 1. The van der Waals surface area contributed by atoms with Crippen LogP contribution in [0.25, 0.3) is 0 Å². The van der Waals surface area contributed by atoms with Crippen LogP contribution in [-0.4, -0.2) is 17.7 Å². The molecule has 0 aromatic heterocycles. The van der Waals surface area contributed by atoms with Gasteiger partial charge in [0, 0.05) is 22.0 Å². The van der Waals surface area contributed by atoms with Gasteiger partial charge in [0.05, 0.1) is 17.5 Å². The molecule has 2 atom stereocenters. The molecule has 0 amide bonds. The quantitative estimate of drug-likeness (QED) is 0.561. The summed E-state index contributed by atoms with van der Waals surface area (Å²) in [5.41, 5.74) is 2.39. The fourth-order valence-corrected chi connectivity index (χ4v) is 3.39. The first kappa shape index (κ1) is 19.0. The normalized spacial score (nSPS) is 19.6. The molecule has 26 heavy (non-hydrogen) atoms. The maximum absolute atomic E-state index is 13.1. The highest BCUT2D eigenvalue weighted by molar-refractivity contribution is 6.30. The van der Waals surface area contributed by atoms with Crippen LogP contribution in [0.15, 0.2) is 42.5 Å². The molecular formula is C18H14Cl2F3NO2. The van der Waals surface area contributed by atoms with Crippen molar-refractivity contribution in [3.8, 4) is 5.75 Å². The molecule has 3 rings (SSSR count). The third kappa shape index (κ3) is 3.82. The smallest absolute Gasteiger partial charge is 0.408 e. The minimum absolute atomic E-state index is 0.0287. The number of benzene rings is 2. The van der Waals surface area contributed by atoms with Crippen molar-refractivity contribution in [2.24, 2.45) is 0 Å². The minimum Gasteiger partial charge on any atom is -0.408 e. The van der Waals surface area contributed by atoms with Gasteiger partial charge in [-0.1, -0.05) is 23.7 Å². The molecule has 0 radical (unpaired) electrons. The Kier molecular flexibility index (Phi) is 5.46. The van der Waals surface area contributed by atoms with Crippen LogP contribution in [0.4, 0.5) is 13.2 Å². The van der Waals surface area contributed by atoms with Crippen molar-refractivity contribution >= 4 is 29.0 Å². The van der Waals surface area contributed by atoms with E-state index in [9.17, 15) is 18.0 Å². The number of alkyl halides is 4. The van der Waals surface area contributed by atoms with E-state index >= 15 is 0 Å². The lowest BCUT2D eigenvalue weighted by Crippen LogP contribution is -2.44. The zero-order valence-corrected chi connectivity index (χ0v) is 14.8. The number of ketones is 1. The van der Waals surface area contributed by atoms with Gasteiger partial charge in [-0.3, -0.25) is 4.79 Å². The molecule has 138 valence electrons. The number of fused-ring (bicyclic) bond motifs is 1. The van der Waals surface area contributed by atoms with Gasteiger partial charge in [0.2, 0.25) is 0 Å². The summed E-state index contributed by atoms with van der Waals surface area (Å²) in [6.45, 7) is 0. The molecule has 0 aliphatic carbocycles. The molecule has 2 unspecified atom stereocenters. The maximum atomic E-state index is 13.1. The summed E-state index contributed by atoms with van der Waals surface area (Å²) in [7, 11) is 0. The summed E-state index contributed by atoms with van der Waals surface area (Å²) in [4.78, 5) is 18.5. The Balaban J connectivity index is 2.05. The summed E-state index contributed by atoms with van der Waals surface area (Å²) in [6, 6.07) is 8.70. The molecule has 0 bridgehead atoms. The van der Waals surface area contributed by atoms with Crippen LogP contribution in [0.3, 0.4) is 0 Å². The average molecular weight is 404 g/mol. The molecule has 3 nitrogen and oxygen atoms in total. The van der Waals surface area contributed by atoms with E-state index in [0.29, 0.717) is 22.8 Å². The fraction of sp³-hybridized carbons (Fsp3) is 0.278. The summed E-state index contributed by atoms with van der Waals surface area (Å²) < 4.78 is 39.0. The van der Waals surface area contributed by atoms with Gasteiger partial charge in [-0.2, -0.15) is 18.7 Å². The van der Waals surface area contributed by atoms with Crippen molar-refractivity contribution in [3.63, 3.8) is 0 Å². The van der Waals surface area contributed by atoms with E-state index in [-0.39, 0.29) is 11.4 Å². The standard InChI is InChI=1S/C18H14Cl2F3NO2/c19-7-6-14-16(13-9-12(20)4-5-15(13)26-24-14)17(25)10-2-1-3-11(8-10)18(21,22)23/h1-5,8-9,14,16,24H,6-7H2. The number of halogens is 5. The highest BCUT2D eigenvalue weighted by atomic mass is 35.5. The Bertz CT molecular complexity index is 826. The molecule has 1 aliphatic rings. The van der Waals surface area contributed by atoms with E-state index in [1.165, 1.54) is 12.1 Å². The molecule has 1 heterocycles. The minimum atomic E-state index is -4.53. The monoisotopic (exact) mass is 403 g/mol. The summed E-state index contributed by atoms with van der Waals surface area (Å²) in [5, 5.41) is 0.403. The SMILES string of the molecule is O=C(c1cccc(C(F)(F)F)c1)C1c2cc(Cl)ccc2ONC1CCCl. The lowest BCUT2D eigenvalue weighted by Gasteiger charge is -2.33. The number of hydroxylamine groups is 1. The van der Waals surface area contributed by atoms with Crippen LogP contribution in [-0.2, 0) is 6.18 Å². The first-order valence-electron chi connectivity index (χ1n) is 7.80. The Morgan fingerprint density at radius 1 is 1.19 bits per heavy atom. The number of hydrogen-bond acceptors (Lipinski definition) is 3. The Labute approximate surface area is 158 Å². The van der Waals surface area contributed by atoms with Gasteiger partial charge < -0.3 is 4.84 Å². The number of carbonyl (C=O) groups excluding carboxylic acids is 1. The average Bonchev–Trinajstić information content (AvgIpc) is 2.60. The molecule has 0 spiro atoms.